The topological polar surface area (TPSA) is 68.3 Å². The molecule has 6 heteroatoms. The SMILES string of the molecule is CO[C@H](CNS(=O)(=O)c1cccnc1)c1ccccc1C. The van der Waals surface area contributed by atoms with Gasteiger partial charge in [0.05, 0.1) is 6.10 Å². The summed E-state index contributed by atoms with van der Waals surface area (Å²) in [6, 6.07) is 10.8. The van der Waals surface area contributed by atoms with Gasteiger partial charge in [0, 0.05) is 26.0 Å². The van der Waals surface area contributed by atoms with Crippen LogP contribution in [0, 0.1) is 6.92 Å². The molecule has 2 rings (SSSR count). The molecule has 0 fully saturated rings. The van der Waals surface area contributed by atoms with Crippen molar-refractivity contribution < 1.29 is 13.2 Å². The lowest BCUT2D eigenvalue weighted by molar-refractivity contribution is 0.107. The number of sulfonamides is 1. The molecule has 0 unspecified atom stereocenters. The highest BCUT2D eigenvalue weighted by Crippen LogP contribution is 2.20. The maximum Gasteiger partial charge on any atom is 0.242 e. The molecule has 1 N–H and O–H groups in total. The van der Waals surface area contributed by atoms with Gasteiger partial charge in [-0.25, -0.2) is 13.1 Å². The molecule has 0 bridgehead atoms. The fraction of sp³-hybridized carbons (Fsp3) is 0.267. The van der Waals surface area contributed by atoms with Crippen molar-refractivity contribution in [3.63, 3.8) is 0 Å². The monoisotopic (exact) mass is 306 g/mol. The van der Waals surface area contributed by atoms with Crippen LogP contribution in [0.15, 0.2) is 53.7 Å². The van der Waals surface area contributed by atoms with Crippen molar-refractivity contribution in [3.8, 4) is 0 Å². The molecule has 2 aromatic rings. The van der Waals surface area contributed by atoms with Gasteiger partial charge in [0.25, 0.3) is 0 Å². The molecule has 21 heavy (non-hydrogen) atoms. The molecule has 0 saturated carbocycles. The molecule has 0 aliphatic rings. The standard InChI is InChI=1S/C15H18N2O3S/c1-12-6-3-4-8-14(12)15(20-2)11-17-21(18,19)13-7-5-9-16-10-13/h3-10,15,17H,11H2,1-2H3/t15-/m1/s1. The van der Waals surface area contributed by atoms with Gasteiger partial charge in [-0.05, 0) is 30.2 Å². The van der Waals surface area contributed by atoms with Crippen LogP contribution >= 0.6 is 0 Å². The second-order valence-electron chi connectivity index (χ2n) is 4.62. The summed E-state index contributed by atoms with van der Waals surface area (Å²) in [6.07, 6.45) is 2.51. The molecule has 0 saturated heterocycles. The van der Waals surface area contributed by atoms with Crippen LogP contribution in [0.3, 0.4) is 0 Å². The molecule has 112 valence electrons. The maximum absolute atomic E-state index is 12.2. The van der Waals surface area contributed by atoms with Gasteiger partial charge in [-0.3, -0.25) is 4.98 Å². The van der Waals surface area contributed by atoms with Crippen molar-refractivity contribution >= 4 is 10.0 Å². The van der Waals surface area contributed by atoms with Crippen molar-refractivity contribution in [3.05, 3.63) is 59.9 Å². The number of aromatic nitrogens is 1. The van der Waals surface area contributed by atoms with Gasteiger partial charge in [-0.1, -0.05) is 24.3 Å². The van der Waals surface area contributed by atoms with Crippen LogP contribution in [0.4, 0.5) is 0 Å². The predicted molar refractivity (Wildman–Crippen MR) is 80.4 cm³/mol. The number of hydrogen-bond donors (Lipinski definition) is 1. The Labute approximate surface area is 125 Å². The molecule has 0 aliphatic heterocycles. The molecular formula is C15H18N2O3S. The molecule has 5 nitrogen and oxygen atoms in total. The van der Waals surface area contributed by atoms with E-state index in [0.29, 0.717) is 0 Å². The number of pyridine rings is 1. The highest BCUT2D eigenvalue weighted by Gasteiger charge is 2.18. The number of hydrogen-bond acceptors (Lipinski definition) is 4. The smallest absolute Gasteiger partial charge is 0.242 e. The first kappa shape index (κ1) is 15.6. The molecule has 0 radical (unpaired) electrons. The van der Waals surface area contributed by atoms with E-state index in [2.05, 4.69) is 9.71 Å². The first-order valence-electron chi connectivity index (χ1n) is 6.52. The molecule has 1 aromatic carbocycles. The zero-order chi connectivity index (χ0) is 15.3. The maximum atomic E-state index is 12.2. The fourth-order valence-corrected chi connectivity index (χ4v) is 3.04. The summed E-state index contributed by atoms with van der Waals surface area (Å²) in [5.74, 6) is 0. The molecular weight excluding hydrogens is 288 g/mol. The fourth-order valence-electron chi connectivity index (χ4n) is 2.04. The molecule has 0 amide bonds. The Morgan fingerprint density at radius 2 is 2.00 bits per heavy atom. The third-order valence-corrected chi connectivity index (χ3v) is 4.63. The Kier molecular flexibility index (Phi) is 5.06. The van der Waals surface area contributed by atoms with Crippen LogP contribution < -0.4 is 4.72 Å². The van der Waals surface area contributed by atoms with Gasteiger partial charge in [-0.2, -0.15) is 0 Å². The Bertz CT molecular complexity index is 687. The average molecular weight is 306 g/mol. The number of rotatable bonds is 6. The van der Waals surface area contributed by atoms with Gasteiger partial charge in [0.2, 0.25) is 10.0 Å². The van der Waals surface area contributed by atoms with Crippen molar-refractivity contribution in [1.29, 1.82) is 0 Å². The quantitative estimate of drug-likeness (QED) is 0.887. The third-order valence-electron chi connectivity index (χ3n) is 3.22. The van der Waals surface area contributed by atoms with Gasteiger partial charge < -0.3 is 4.74 Å². The number of aryl methyl sites for hydroxylation is 1. The van der Waals surface area contributed by atoms with Crippen LogP contribution in [0.5, 0.6) is 0 Å². The minimum absolute atomic E-state index is 0.143. The van der Waals surface area contributed by atoms with Crippen LogP contribution in [-0.2, 0) is 14.8 Å². The number of nitrogens with zero attached hydrogens (tertiary/aromatic N) is 1. The third kappa shape index (κ3) is 3.87. The van der Waals surface area contributed by atoms with Gasteiger partial charge in [0.1, 0.15) is 4.90 Å². The van der Waals surface area contributed by atoms with E-state index in [1.165, 1.54) is 18.5 Å². The predicted octanol–water partition coefficient (Wildman–Crippen LogP) is 2.06. The Morgan fingerprint density at radius 1 is 1.24 bits per heavy atom. The number of ether oxygens (including phenoxy) is 1. The van der Waals surface area contributed by atoms with E-state index in [1.807, 2.05) is 31.2 Å². The largest absolute Gasteiger partial charge is 0.375 e. The normalized spacial score (nSPS) is 13.0. The van der Waals surface area contributed by atoms with Crippen molar-refractivity contribution in [2.45, 2.75) is 17.9 Å². The Hall–Kier alpha value is -1.76. The van der Waals surface area contributed by atoms with Gasteiger partial charge in [-0.15, -0.1) is 0 Å². The summed E-state index contributed by atoms with van der Waals surface area (Å²) in [5.41, 5.74) is 2.03. The van der Waals surface area contributed by atoms with E-state index >= 15 is 0 Å². The lowest BCUT2D eigenvalue weighted by atomic mass is 10.0. The molecule has 1 aromatic heterocycles. The Balaban J connectivity index is 2.13. The van der Waals surface area contributed by atoms with Crippen LogP contribution in [-0.4, -0.2) is 27.1 Å². The van der Waals surface area contributed by atoms with Gasteiger partial charge >= 0.3 is 0 Å². The zero-order valence-electron chi connectivity index (χ0n) is 12.0. The van der Waals surface area contributed by atoms with E-state index in [4.69, 9.17) is 4.74 Å². The van der Waals surface area contributed by atoms with E-state index in [0.717, 1.165) is 11.1 Å². The highest BCUT2D eigenvalue weighted by molar-refractivity contribution is 7.89. The number of benzene rings is 1. The average Bonchev–Trinajstić information content (AvgIpc) is 2.50. The molecule has 0 aliphatic carbocycles. The van der Waals surface area contributed by atoms with E-state index < -0.39 is 10.0 Å². The zero-order valence-corrected chi connectivity index (χ0v) is 12.8. The molecule has 0 spiro atoms. The number of nitrogens with one attached hydrogen (secondary N) is 1. The van der Waals surface area contributed by atoms with Gasteiger partial charge in [0.15, 0.2) is 0 Å². The lowest BCUT2D eigenvalue weighted by Crippen LogP contribution is -2.29. The summed E-state index contributed by atoms with van der Waals surface area (Å²) in [5, 5.41) is 0. The summed E-state index contributed by atoms with van der Waals surface area (Å²) < 4.78 is 32.3. The Morgan fingerprint density at radius 3 is 2.62 bits per heavy atom. The molecule has 1 atom stereocenters. The second kappa shape index (κ2) is 6.80. The minimum atomic E-state index is -3.58. The minimum Gasteiger partial charge on any atom is -0.375 e. The molecule has 1 heterocycles. The van der Waals surface area contributed by atoms with Crippen molar-refractivity contribution in [1.82, 2.24) is 9.71 Å². The number of methoxy groups -OCH3 is 1. The summed E-state index contributed by atoms with van der Waals surface area (Å²) in [6.45, 7) is 2.13. The summed E-state index contributed by atoms with van der Waals surface area (Å²) in [4.78, 5) is 3.96. The second-order valence-corrected chi connectivity index (χ2v) is 6.39. The van der Waals surface area contributed by atoms with E-state index in [-0.39, 0.29) is 17.5 Å². The first-order chi connectivity index (χ1) is 10.0. The first-order valence-corrected chi connectivity index (χ1v) is 8.01. The summed E-state index contributed by atoms with van der Waals surface area (Å²) >= 11 is 0. The van der Waals surface area contributed by atoms with E-state index in [1.54, 1.807) is 13.2 Å². The summed E-state index contributed by atoms with van der Waals surface area (Å²) in [7, 11) is -2.01. The van der Waals surface area contributed by atoms with Crippen LogP contribution in [0.1, 0.15) is 17.2 Å². The highest BCUT2D eigenvalue weighted by atomic mass is 32.2. The van der Waals surface area contributed by atoms with Crippen LogP contribution in [0.2, 0.25) is 0 Å². The lowest BCUT2D eigenvalue weighted by Gasteiger charge is -2.18. The van der Waals surface area contributed by atoms with E-state index in [9.17, 15) is 8.42 Å². The van der Waals surface area contributed by atoms with Crippen LogP contribution in [0.25, 0.3) is 0 Å². The van der Waals surface area contributed by atoms with Crippen molar-refractivity contribution in [2.75, 3.05) is 13.7 Å². The van der Waals surface area contributed by atoms with Crippen molar-refractivity contribution in [2.24, 2.45) is 0 Å².